The summed E-state index contributed by atoms with van der Waals surface area (Å²) in [6, 6.07) is 6.54. The molecule has 0 saturated heterocycles. The second-order valence-corrected chi connectivity index (χ2v) is 4.62. The molecule has 0 saturated carbocycles. The Morgan fingerprint density at radius 2 is 2.33 bits per heavy atom. The highest BCUT2D eigenvalue weighted by Gasteiger charge is 2.14. The van der Waals surface area contributed by atoms with Gasteiger partial charge in [-0.05, 0) is 49.0 Å². The first-order chi connectivity index (χ1) is 8.69. The van der Waals surface area contributed by atoms with Crippen LogP contribution in [0.25, 0.3) is 6.08 Å². The molecule has 0 aliphatic heterocycles. The highest BCUT2D eigenvalue weighted by molar-refractivity contribution is 5.87. The van der Waals surface area contributed by atoms with Crippen LogP contribution in [-0.4, -0.2) is 18.6 Å². The molecule has 0 bridgehead atoms. The topological polar surface area (TPSA) is 52.3 Å². The molecule has 1 atom stereocenters. The Balaban J connectivity index is 2.11. The van der Waals surface area contributed by atoms with E-state index in [1.807, 2.05) is 6.07 Å². The largest absolute Gasteiger partial charge is 0.463 e. The first-order valence-corrected chi connectivity index (χ1v) is 6.41. The molecule has 2 N–H and O–H groups in total. The van der Waals surface area contributed by atoms with Gasteiger partial charge in [-0.1, -0.05) is 18.2 Å². The van der Waals surface area contributed by atoms with Crippen molar-refractivity contribution in [3.8, 4) is 0 Å². The average molecular weight is 245 g/mol. The minimum atomic E-state index is -0.299. The zero-order valence-corrected chi connectivity index (χ0v) is 10.7. The molecular formula is C15H19NO2. The lowest BCUT2D eigenvalue weighted by atomic mass is 9.87. The lowest BCUT2D eigenvalue weighted by Crippen LogP contribution is -2.27. The van der Waals surface area contributed by atoms with Crippen molar-refractivity contribution >= 4 is 12.0 Å². The van der Waals surface area contributed by atoms with Gasteiger partial charge in [-0.2, -0.15) is 0 Å². The van der Waals surface area contributed by atoms with Gasteiger partial charge >= 0.3 is 5.97 Å². The van der Waals surface area contributed by atoms with E-state index in [-0.39, 0.29) is 12.0 Å². The zero-order valence-electron chi connectivity index (χ0n) is 10.7. The minimum absolute atomic E-state index is 0.266. The SMILES string of the molecule is CCOC(=O)/C=C/c1ccc2c(c1)CC(N)CC2. The number of fused-ring (bicyclic) bond motifs is 1. The number of rotatable bonds is 3. The number of nitrogens with two attached hydrogens (primary N) is 1. The number of aryl methyl sites for hydroxylation is 1. The van der Waals surface area contributed by atoms with E-state index in [1.54, 1.807) is 13.0 Å². The third-order valence-corrected chi connectivity index (χ3v) is 3.20. The second-order valence-electron chi connectivity index (χ2n) is 4.62. The summed E-state index contributed by atoms with van der Waals surface area (Å²) < 4.78 is 4.85. The minimum Gasteiger partial charge on any atom is -0.463 e. The summed E-state index contributed by atoms with van der Waals surface area (Å²) in [7, 11) is 0. The predicted molar refractivity (Wildman–Crippen MR) is 72.1 cm³/mol. The van der Waals surface area contributed by atoms with Crippen LogP contribution in [-0.2, 0) is 22.4 Å². The van der Waals surface area contributed by atoms with Crippen LogP contribution >= 0.6 is 0 Å². The van der Waals surface area contributed by atoms with E-state index in [9.17, 15) is 4.79 Å². The van der Waals surface area contributed by atoms with Crippen molar-refractivity contribution in [2.45, 2.75) is 32.2 Å². The molecule has 1 aromatic carbocycles. The first-order valence-electron chi connectivity index (χ1n) is 6.41. The van der Waals surface area contributed by atoms with E-state index in [0.29, 0.717) is 6.61 Å². The molecule has 0 aromatic heterocycles. The normalized spacial score (nSPS) is 18.7. The summed E-state index contributed by atoms with van der Waals surface area (Å²) in [6.45, 7) is 2.20. The van der Waals surface area contributed by atoms with Gasteiger partial charge in [0, 0.05) is 12.1 Å². The van der Waals surface area contributed by atoms with Crippen LogP contribution in [0.5, 0.6) is 0 Å². The first kappa shape index (κ1) is 12.8. The summed E-state index contributed by atoms with van der Waals surface area (Å²) in [5, 5.41) is 0. The molecule has 1 aromatic rings. The van der Waals surface area contributed by atoms with Crippen molar-refractivity contribution in [2.24, 2.45) is 5.73 Å². The average Bonchev–Trinajstić information content (AvgIpc) is 2.36. The summed E-state index contributed by atoms with van der Waals surface area (Å²) in [6.07, 6.45) is 6.30. The fourth-order valence-corrected chi connectivity index (χ4v) is 2.26. The molecule has 1 unspecified atom stereocenters. The van der Waals surface area contributed by atoms with Crippen LogP contribution in [0.15, 0.2) is 24.3 Å². The monoisotopic (exact) mass is 245 g/mol. The van der Waals surface area contributed by atoms with Crippen LogP contribution in [0.1, 0.15) is 30.0 Å². The van der Waals surface area contributed by atoms with Crippen molar-refractivity contribution in [3.63, 3.8) is 0 Å². The van der Waals surface area contributed by atoms with Crippen LogP contribution in [0.3, 0.4) is 0 Å². The van der Waals surface area contributed by atoms with E-state index in [4.69, 9.17) is 10.5 Å². The molecule has 0 radical (unpaired) electrons. The van der Waals surface area contributed by atoms with Gasteiger partial charge in [-0.15, -0.1) is 0 Å². The van der Waals surface area contributed by atoms with E-state index >= 15 is 0 Å². The maximum atomic E-state index is 11.2. The number of carbonyl (C=O) groups is 1. The molecule has 0 fully saturated rings. The van der Waals surface area contributed by atoms with Crippen molar-refractivity contribution in [1.82, 2.24) is 0 Å². The number of carbonyl (C=O) groups excluding carboxylic acids is 1. The Morgan fingerprint density at radius 1 is 1.50 bits per heavy atom. The fourth-order valence-electron chi connectivity index (χ4n) is 2.26. The lowest BCUT2D eigenvalue weighted by molar-refractivity contribution is -0.137. The molecule has 18 heavy (non-hydrogen) atoms. The molecule has 1 aliphatic carbocycles. The van der Waals surface area contributed by atoms with Gasteiger partial charge < -0.3 is 10.5 Å². The molecule has 3 heteroatoms. The quantitative estimate of drug-likeness (QED) is 0.655. The smallest absolute Gasteiger partial charge is 0.330 e. The van der Waals surface area contributed by atoms with E-state index in [0.717, 1.165) is 24.8 Å². The van der Waals surface area contributed by atoms with Gasteiger partial charge in [0.1, 0.15) is 0 Å². The highest BCUT2D eigenvalue weighted by Crippen LogP contribution is 2.22. The van der Waals surface area contributed by atoms with Gasteiger partial charge in [-0.25, -0.2) is 4.79 Å². The van der Waals surface area contributed by atoms with E-state index in [1.165, 1.54) is 17.2 Å². The summed E-state index contributed by atoms with van der Waals surface area (Å²) in [4.78, 5) is 11.2. The van der Waals surface area contributed by atoms with Gasteiger partial charge in [0.25, 0.3) is 0 Å². The van der Waals surface area contributed by atoms with Crippen LogP contribution < -0.4 is 5.73 Å². The summed E-state index contributed by atoms with van der Waals surface area (Å²) >= 11 is 0. The van der Waals surface area contributed by atoms with E-state index < -0.39 is 0 Å². The van der Waals surface area contributed by atoms with Crippen LogP contribution in [0.4, 0.5) is 0 Å². The Morgan fingerprint density at radius 3 is 3.11 bits per heavy atom. The Kier molecular flexibility index (Phi) is 4.15. The molecule has 0 amide bonds. The third-order valence-electron chi connectivity index (χ3n) is 3.20. The molecule has 96 valence electrons. The van der Waals surface area contributed by atoms with Gasteiger partial charge in [0.2, 0.25) is 0 Å². The zero-order chi connectivity index (χ0) is 13.0. The summed E-state index contributed by atoms with van der Waals surface area (Å²) in [5.74, 6) is -0.299. The number of hydrogen-bond donors (Lipinski definition) is 1. The third kappa shape index (κ3) is 3.20. The van der Waals surface area contributed by atoms with Crippen LogP contribution in [0.2, 0.25) is 0 Å². The van der Waals surface area contributed by atoms with Crippen molar-refractivity contribution in [3.05, 3.63) is 41.0 Å². The van der Waals surface area contributed by atoms with Crippen molar-refractivity contribution < 1.29 is 9.53 Å². The second kappa shape index (κ2) is 5.83. The Bertz CT molecular complexity index is 466. The van der Waals surface area contributed by atoms with Crippen molar-refractivity contribution in [1.29, 1.82) is 0 Å². The molecule has 2 rings (SSSR count). The predicted octanol–water partition coefficient (Wildman–Crippen LogP) is 2.08. The number of esters is 1. The lowest BCUT2D eigenvalue weighted by Gasteiger charge is -2.21. The molecule has 1 aliphatic rings. The maximum Gasteiger partial charge on any atom is 0.330 e. The Hall–Kier alpha value is -1.61. The van der Waals surface area contributed by atoms with Gasteiger partial charge in [0.05, 0.1) is 6.61 Å². The van der Waals surface area contributed by atoms with E-state index in [2.05, 4.69) is 12.1 Å². The van der Waals surface area contributed by atoms with Crippen LogP contribution in [0, 0.1) is 0 Å². The van der Waals surface area contributed by atoms with Crippen molar-refractivity contribution in [2.75, 3.05) is 6.61 Å². The molecular weight excluding hydrogens is 226 g/mol. The number of ether oxygens (including phenoxy) is 1. The fraction of sp³-hybridized carbons (Fsp3) is 0.400. The highest BCUT2D eigenvalue weighted by atomic mass is 16.5. The molecule has 3 nitrogen and oxygen atoms in total. The Labute approximate surface area is 108 Å². The number of hydrogen-bond acceptors (Lipinski definition) is 3. The number of benzene rings is 1. The summed E-state index contributed by atoms with van der Waals surface area (Å²) in [5.41, 5.74) is 9.68. The molecule has 0 heterocycles. The standard InChI is InChI=1S/C15H19NO2/c1-2-18-15(17)8-4-11-3-5-12-6-7-14(16)10-13(12)9-11/h3-5,8-9,14H,2,6-7,10,16H2,1H3/b8-4+. The maximum absolute atomic E-state index is 11.2. The van der Waals surface area contributed by atoms with Gasteiger partial charge in [-0.3, -0.25) is 0 Å². The van der Waals surface area contributed by atoms with Gasteiger partial charge in [0.15, 0.2) is 0 Å². The molecule has 0 spiro atoms.